The van der Waals surface area contributed by atoms with Crippen molar-refractivity contribution in [2.45, 2.75) is 6.54 Å². The molecule has 1 amide bonds. The zero-order valence-corrected chi connectivity index (χ0v) is 11.3. The molecule has 0 unspecified atom stereocenters. The molecule has 0 aliphatic carbocycles. The molecule has 0 saturated heterocycles. The lowest BCUT2D eigenvalue weighted by molar-refractivity contribution is 0.264. The van der Waals surface area contributed by atoms with Gasteiger partial charge in [-0.2, -0.15) is 0 Å². The number of rotatable bonds is 0. The van der Waals surface area contributed by atoms with Gasteiger partial charge < -0.3 is 4.74 Å². The Balaban J connectivity index is 2.18. The van der Waals surface area contributed by atoms with Crippen LogP contribution in [0.2, 0.25) is 5.02 Å². The fourth-order valence-electron chi connectivity index (χ4n) is 2.05. The van der Waals surface area contributed by atoms with E-state index in [1.54, 1.807) is 18.2 Å². The smallest absolute Gasteiger partial charge is 0.321 e. The second-order valence-corrected chi connectivity index (χ2v) is 4.92. The average Bonchev–Trinajstić information content (AvgIpc) is 2.55. The highest BCUT2D eigenvalue weighted by Gasteiger charge is 2.24. The van der Waals surface area contributed by atoms with Crippen molar-refractivity contribution in [2.24, 2.45) is 0 Å². The van der Waals surface area contributed by atoms with Crippen molar-refractivity contribution < 1.29 is 9.53 Å². The molecule has 19 heavy (non-hydrogen) atoms. The van der Waals surface area contributed by atoms with Crippen LogP contribution in [0.3, 0.4) is 0 Å². The van der Waals surface area contributed by atoms with E-state index in [1.165, 1.54) is 4.90 Å². The van der Waals surface area contributed by atoms with Gasteiger partial charge in [0.1, 0.15) is 5.75 Å². The van der Waals surface area contributed by atoms with Gasteiger partial charge in [0, 0.05) is 10.6 Å². The number of para-hydroxylation sites is 1. The molecule has 1 aliphatic rings. The zero-order chi connectivity index (χ0) is 13.4. The topological polar surface area (TPSA) is 29.5 Å². The van der Waals surface area contributed by atoms with Crippen molar-refractivity contribution in [3.63, 3.8) is 0 Å². The molecule has 1 heterocycles. The third kappa shape index (κ3) is 2.27. The largest absolute Gasteiger partial charge is 0.455 e. The summed E-state index contributed by atoms with van der Waals surface area (Å²) in [7, 11) is 0. The molecule has 2 aromatic rings. The molecular weight excluding hydrogens is 285 g/mol. The fraction of sp³-hybridized carbons (Fsp3) is 0.0714. The Morgan fingerprint density at radius 2 is 1.95 bits per heavy atom. The van der Waals surface area contributed by atoms with Crippen molar-refractivity contribution in [3.05, 3.63) is 53.1 Å². The Hall–Kier alpha value is -1.71. The summed E-state index contributed by atoms with van der Waals surface area (Å²) in [5.74, 6) is 1.27. The Morgan fingerprint density at radius 3 is 2.74 bits per heavy atom. The number of nitrogens with zero attached hydrogens (tertiary/aromatic N) is 1. The SMILES string of the molecule is O=C(Cl)N1Cc2ccccc2Oc2ccc(Cl)cc21. The van der Waals surface area contributed by atoms with Crippen LogP contribution in [0.5, 0.6) is 11.5 Å². The molecular formula is C14H9Cl2NO2. The molecule has 0 radical (unpaired) electrons. The summed E-state index contributed by atoms with van der Waals surface area (Å²) < 4.78 is 5.83. The molecule has 2 aromatic carbocycles. The molecule has 96 valence electrons. The van der Waals surface area contributed by atoms with Gasteiger partial charge in [-0.15, -0.1) is 0 Å². The molecule has 5 heteroatoms. The highest BCUT2D eigenvalue weighted by molar-refractivity contribution is 6.66. The average molecular weight is 294 g/mol. The Bertz CT molecular complexity index is 658. The summed E-state index contributed by atoms with van der Waals surface area (Å²) in [6, 6.07) is 12.6. The van der Waals surface area contributed by atoms with Crippen molar-refractivity contribution in [2.75, 3.05) is 4.90 Å². The van der Waals surface area contributed by atoms with Crippen LogP contribution in [-0.2, 0) is 6.54 Å². The number of hydrogen-bond donors (Lipinski definition) is 0. The number of halogens is 2. The molecule has 0 fully saturated rings. The first-order valence-corrected chi connectivity index (χ1v) is 6.43. The van der Waals surface area contributed by atoms with E-state index in [4.69, 9.17) is 27.9 Å². The standard InChI is InChI=1S/C14H9Cl2NO2/c15-10-5-6-13-11(7-10)17(14(16)18)8-9-3-1-2-4-12(9)19-13/h1-7H,8H2. The number of carbonyl (C=O) groups is 1. The van der Waals surface area contributed by atoms with Gasteiger partial charge in [0.15, 0.2) is 5.75 Å². The number of hydrogen-bond acceptors (Lipinski definition) is 2. The molecule has 1 aliphatic heterocycles. The van der Waals surface area contributed by atoms with E-state index in [0.717, 1.165) is 5.56 Å². The van der Waals surface area contributed by atoms with E-state index >= 15 is 0 Å². The zero-order valence-electron chi connectivity index (χ0n) is 9.77. The maximum atomic E-state index is 11.6. The Labute approximate surface area is 120 Å². The van der Waals surface area contributed by atoms with E-state index < -0.39 is 5.37 Å². The monoisotopic (exact) mass is 293 g/mol. The van der Waals surface area contributed by atoms with Crippen molar-refractivity contribution in [1.82, 2.24) is 0 Å². The number of carbonyl (C=O) groups excluding carboxylic acids is 1. The minimum atomic E-state index is -0.566. The number of ether oxygens (including phenoxy) is 1. The lowest BCUT2D eigenvalue weighted by Crippen LogP contribution is -2.24. The second-order valence-electron chi connectivity index (χ2n) is 4.16. The number of benzene rings is 2. The Morgan fingerprint density at radius 1 is 1.16 bits per heavy atom. The van der Waals surface area contributed by atoms with Crippen molar-refractivity contribution in [1.29, 1.82) is 0 Å². The predicted molar refractivity (Wildman–Crippen MR) is 75.4 cm³/mol. The summed E-state index contributed by atoms with van der Waals surface area (Å²) >= 11 is 11.6. The number of fused-ring (bicyclic) bond motifs is 2. The first kappa shape index (κ1) is 12.3. The van der Waals surface area contributed by atoms with Gasteiger partial charge in [0.2, 0.25) is 0 Å². The summed E-state index contributed by atoms with van der Waals surface area (Å²) in [4.78, 5) is 13.1. The maximum Gasteiger partial charge on any atom is 0.321 e. The van der Waals surface area contributed by atoms with Crippen LogP contribution in [-0.4, -0.2) is 5.37 Å². The van der Waals surface area contributed by atoms with Gasteiger partial charge in [0.25, 0.3) is 0 Å². The van der Waals surface area contributed by atoms with E-state index in [0.29, 0.717) is 28.8 Å². The van der Waals surface area contributed by atoms with Gasteiger partial charge in [0.05, 0.1) is 12.2 Å². The molecule has 0 saturated carbocycles. The molecule has 0 atom stereocenters. The van der Waals surface area contributed by atoms with Crippen molar-refractivity contribution in [3.8, 4) is 11.5 Å². The highest BCUT2D eigenvalue weighted by Crippen LogP contribution is 2.40. The van der Waals surface area contributed by atoms with Crippen LogP contribution in [0, 0.1) is 0 Å². The molecule has 0 N–H and O–H groups in total. The van der Waals surface area contributed by atoms with Gasteiger partial charge >= 0.3 is 5.37 Å². The normalized spacial score (nSPS) is 13.1. The molecule has 0 spiro atoms. The lowest BCUT2D eigenvalue weighted by Gasteiger charge is -2.18. The minimum Gasteiger partial charge on any atom is -0.455 e. The number of anilines is 1. The van der Waals surface area contributed by atoms with Crippen LogP contribution in [0.15, 0.2) is 42.5 Å². The van der Waals surface area contributed by atoms with Crippen LogP contribution in [0.4, 0.5) is 10.5 Å². The van der Waals surface area contributed by atoms with Crippen LogP contribution >= 0.6 is 23.2 Å². The third-order valence-corrected chi connectivity index (χ3v) is 3.38. The Kier molecular flexibility index (Phi) is 3.09. The maximum absolute atomic E-state index is 11.6. The van der Waals surface area contributed by atoms with E-state index in [1.807, 2.05) is 24.3 Å². The summed E-state index contributed by atoms with van der Waals surface area (Å²) in [6.07, 6.45) is 0. The highest BCUT2D eigenvalue weighted by atomic mass is 35.5. The van der Waals surface area contributed by atoms with Crippen LogP contribution < -0.4 is 9.64 Å². The third-order valence-electron chi connectivity index (χ3n) is 2.94. The second kappa shape index (κ2) is 4.76. The summed E-state index contributed by atoms with van der Waals surface area (Å²) in [5.41, 5.74) is 1.47. The van der Waals surface area contributed by atoms with E-state index in [-0.39, 0.29) is 0 Å². The van der Waals surface area contributed by atoms with Gasteiger partial charge in [-0.3, -0.25) is 9.69 Å². The first-order chi connectivity index (χ1) is 9.15. The van der Waals surface area contributed by atoms with E-state index in [9.17, 15) is 4.79 Å². The van der Waals surface area contributed by atoms with Gasteiger partial charge in [-0.1, -0.05) is 29.8 Å². The molecule has 0 aromatic heterocycles. The number of amides is 1. The van der Waals surface area contributed by atoms with Crippen LogP contribution in [0.1, 0.15) is 5.56 Å². The van der Waals surface area contributed by atoms with Crippen LogP contribution in [0.25, 0.3) is 0 Å². The molecule has 3 nitrogen and oxygen atoms in total. The van der Waals surface area contributed by atoms with E-state index in [2.05, 4.69) is 0 Å². The predicted octanol–water partition coefficient (Wildman–Crippen LogP) is 4.81. The van der Waals surface area contributed by atoms with Crippen molar-refractivity contribution >= 4 is 34.3 Å². The lowest BCUT2D eigenvalue weighted by atomic mass is 10.2. The fourth-order valence-corrected chi connectivity index (χ4v) is 2.37. The first-order valence-electron chi connectivity index (χ1n) is 5.67. The summed E-state index contributed by atoms with van der Waals surface area (Å²) in [5, 5.41) is -0.0416. The van der Waals surface area contributed by atoms with Gasteiger partial charge in [-0.05, 0) is 35.9 Å². The summed E-state index contributed by atoms with van der Waals surface area (Å²) in [6.45, 7) is 0.353. The van der Waals surface area contributed by atoms with Gasteiger partial charge in [-0.25, -0.2) is 0 Å². The molecule has 3 rings (SSSR count). The minimum absolute atomic E-state index is 0.353. The molecule has 0 bridgehead atoms. The quantitative estimate of drug-likeness (QED) is 0.515.